The van der Waals surface area contributed by atoms with Gasteiger partial charge in [0.2, 0.25) is 11.8 Å². The van der Waals surface area contributed by atoms with Gasteiger partial charge in [0.25, 0.3) is 5.91 Å². The third-order valence-corrected chi connectivity index (χ3v) is 6.64. The molecule has 3 heterocycles. The first-order valence-electron chi connectivity index (χ1n) is 11.3. The van der Waals surface area contributed by atoms with E-state index in [1.807, 2.05) is 11.1 Å². The fourth-order valence-corrected chi connectivity index (χ4v) is 4.82. The molecule has 1 saturated carbocycles. The molecule has 4 rings (SSSR count). The Hall–Kier alpha value is -2.81. The fraction of sp³-hybridized carbons (Fsp3) is 0.565. The first-order chi connectivity index (χ1) is 15.5. The third-order valence-electron chi connectivity index (χ3n) is 6.64. The van der Waals surface area contributed by atoms with Gasteiger partial charge in [-0.3, -0.25) is 14.7 Å². The molecule has 32 heavy (non-hydrogen) atoms. The zero-order valence-corrected chi connectivity index (χ0v) is 19.0. The molecule has 0 radical (unpaired) electrons. The predicted octanol–water partition coefficient (Wildman–Crippen LogP) is 2.40. The maximum absolute atomic E-state index is 14.5. The van der Waals surface area contributed by atoms with Gasteiger partial charge in [-0.1, -0.05) is 6.92 Å². The van der Waals surface area contributed by atoms with Crippen LogP contribution in [0.2, 0.25) is 0 Å². The molecule has 2 unspecified atom stereocenters. The second-order valence-corrected chi connectivity index (χ2v) is 8.38. The molecule has 1 saturated heterocycles. The van der Waals surface area contributed by atoms with E-state index in [9.17, 15) is 9.18 Å². The van der Waals surface area contributed by atoms with Crippen molar-refractivity contribution < 1.29 is 13.9 Å². The number of hydrogen-bond acceptors (Lipinski definition) is 7. The highest BCUT2D eigenvalue weighted by Crippen LogP contribution is 2.37. The summed E-state index contributed by atoms with van der Waals surface area (Å²) in [5.41, 5.74) is 2.47. The van der Waals surface area contributed by atoms with E-state index in [2.05, 4.69) is 27.1 Å². The molecule has 9 heteroatoms. The highest BCUT2D eigenvalue weighted by atomic mass is 19.1. The summed E-state index contributed by atoms with van der Waals surface area (Å²) in [5, 5.41) is 2.47. The lowest BCUT2D eigenvalue weighted by Gasteiger charge is -2.39. The number of nitrogens with zero attached hydrogens (tertiary/aromatic N) is 5. The zero-order chi connectivity index (χ0) is 22.7. The Morgan fingerprint density at radius 3 is 2.66 bits per heavy atom. The number of anilines is 1. The average molecular weight is 443 g/mol. The molecule has 2 aliphatic rings. The van der Waals surface area contributed by atoms with Crippen LogP contribution >= 0.6 is 0 Å². The molecular weight excluding hydrogens is 411 g/mol. The fourth-order valence-electron chi connectivity index (χ4n) is 4.82. The first-order valence-corrected chi connectivity index (χ1v) is 11.3. The van der Waals surface area contributed by atoms with E-state index in [0.717, 1.165) is 63.3 Å². The first kappa shape index (κ1) is 22.4. The summed E-state index contributed by atoms with van der Waals surface area (Å²) in [7, 11) is 3.15. The number of aryl methyl sites for hydroxylation is 1. The predicted molar refractivity (Wildman–Crippen MR) is 120 cm³/mol. The van der Waals surface area contributed by atoms with E-state index in [-0.39, 0.29) is 11.6 Å². The van der Waals surface area contributed by atoms with E-state index in [1.165, 1.54) is 7.05 Å². The van der Waals surface area contributed by atoms with Gasteiger partial charge < -0.3 is 15.0 Å². The van der Waals surface area contributed by atoms with E-state index in [4.69, 9.17) is 9.72 Å². The van der Waals surface area contributed by atoms with Gasteiger partial charge in [0, 0.05) is 51.4 Å². The van der Waals surface area contributed by atoms with E-state index >= 15 is 0 Å². The standard InChI is InChI=1S/C23H31FN6O2/c1-4-17-23(32-3)28-19(14-26-17)15-5-6-16(13-15)29-9-11-30(12-10-29)20-8-7-18(22(31)25-2)27-21(20)24/h7-8,14-16H,4-6,9-13H2,1-3H3,(H,25,31). The minimum atomic E-state index is -0.594. The SMILES string of the molecule is CCc1ncc(C2CCC(N3CCN(c4ccc(C(=O)NC)nc4F)CC3)C2)nc1OC. The molecule has 8 nitrogen and oxygen atoms in total. The van der Waals surface area contributed by atoms with Crippen LogP contribution in [0.3, 0.4) is 0 Å². The van der Waals surface area contributed by atoms with Crippen LogP contribution in [0.4, 0.5) is 10.1 Å². The highest BCUT2D eigenvalue weighted by Gasteiger charge is 2.33. The van der Waals surface area contributed by atoms with Crippen molar-refractivity contribution in [2.75, 3.05) is 45.2 Å². The zero-order valence-electron chi connectivity index (χ0n) is 19.0. The van der Waals surface area contributed by atoms with Gasteiger partial charge in [-0.15, -0.1) is 0 Å². The Kier molecular flexibility index (Phi) is 6.83. The molecule has 1 N–H and O–H groups in total. The van der Waals surface area contributed by atoms with Gasteiger partial charge >= 0.3 is 0 Å². The molecule has 2 aromatic rings. The summed E-state index contributed by atoms with van der Waals surface area (Å²) >= 11 is 0. The summed E-state index contributed by atoms with van der Waals surface area (Å²) in [5.74, 6) is 0.0515. The topological polar surface area (TPSA) is 83.5 Å². The monoisotopic (exact) mass is 442 g/mol. The number of carbonyl (C=O) groups is 1. The Morgan fingerprint density at radius 2 is 2.00 bits per heavy atom. The second-order valence-electron chi connectivity index (χ2n) is 8.38. The molecule has 2 fully saturated rings. The maximum atomic E-state index is 14.5. The number of hydrogen-bond donors (Lipinski definition) is 1. The second kappa shape index (κ2) is 9.77. The molecule has 0 spiro atoms. The average Bonchev–Trinajstić information content (AvgIpc) is 3.33. The summed E-state index contributed by atoms with van der Waals surface area (Å²) < 4.78 is 19.9. The lowest BCUT2D eigenvalue weighted by Crippen LogP contribution is -2.50. The normalized spacial score (nSPS) is 21.6. The molecule has 2 atom stereocenters. The van der Waals surface area contributed by atoms with Crippen LogP contribution in [0.25, 0.3) is 0 Å². The number of methoxy groups -OCH3 is 1. The Morgan fingerprint density at radius 1 is 1.22 bits per heavy atom. The number of carbonyl (C=O) groups excluding carboxylic acids is 1. The van der Waals surface area contributed by atoms with Crippen LogP contribution in [0, 0.1) is 5.95 Å². The van der Waals surface area contributed by atoms with Crippen molar-refractivity contribution in [2.45, 2.75) is 44.6 Å². The summed E-state index contributed by atoms with van der Waals surface area (Å²) in [6, 6.07) is 3.73. The maximum Gasteiger partial charge on any atom is 0.269 e. The number of rotatable bonds is 6. The Bertz CT molecular complexity index is 963. The van der Waals surface area contributed by atoms with Gasteiger partial charge in [0.1, 0.15) is 11.4 Å². The molecule has 1 aliphatic carbocycles. The molecule has 2 aromatic heterocycles. The number of nitrogens with one attached hydrogen (secondary N) is 1. The van der Waals surface area contributed by atoms with Gasteiger partial charge in [-0.25, -0.2) is 9.97 Å². The summed E-state index contributed by atoms with van der Waals surface area (Å²) in [6.07, 6.45) is 5.98. The van der Waals surface area contributed by atoms with Crippen LogP contribution in [-0.2, 0) is 6.42 Å². The molecule has 1 aliphatic heterocycles. The summed E-state index contributed by atoms with van der Waals surface area (Å²) in [6.45, 7) is 5.26. The lowest BCUT2D eigenvalue weighted by atomic mass is 10.0. The van der Waals surface area contributed by atoms with E-state index in [1.54, 1.807) is 19.2 Å². The molecule has 0 aromatic carbocycles. The number of amides is 1. The number of ether oxygens (including phenoxy) is 1. The van der Waals surface area contributed by atoms with Gasteiger partial charge in [-0.05, 0) is 37.8 Å². The minimum absolute atomic E-state index is 0.0936. The van der Waals surface area contributed by atoms with Gasteiger partial charge in [0.05, 0.1) is 18.5 Å². The Balaban J connectivity index is 1.35. The largest absolute Gasteiger partial charge is 0.480 e. The van der Waals surface area contributed by atoms with Crippen LogP contribution in [-0.4, -0.2) is 72.1 Å². The number of piperazine rings is 1. The molecular formula is C23H31FN6O2. The van der Waals surface area contributed by atoms with Gasteiger partial charge in [0.15, 0.2) is 0 Å². The number of pyridine rings is 1. The smallest absolute Gasteiger partial charge is 0.269 e. The van der Waals surface area contributed by atoms with Crippen LogP contribution in [0.5, 0.6) is 5.88 Å². The van der Waals surface area contributed by atoms with Crippen molar-refractivity contribution in [3.63, 3.8) is 0 Å². The van der Waals surface area contributed by atoms with Crippen LogP contribution in [0.1, 0.15) is 54.0 Å². The van der Waals surface area contributed by atoms with E-state index in [0.29, 0.717) is 23.5 Å². The van der Waals surface area contributed by atoms with Crippen molar-refractivity contribution in [1.29, 1.82) is 0 Å². The number of aromatic nitrogens is 3. The van der Waals surface area contributed by atoms with Crippen LogP contribution in [0.15, 0.2) is 18.3 Å². The van der Waals surface area contributed by atoms with Crippen molar-refractivity contribution in [1.82, 2.24) is 25.2 Å². The Labute approximate surface area is 188 Å². The molecule has 1 amide bonds. The van der Waals surface area contributed by atoms with Crippen LogP contribution < -0.4 is 15.0 Å². The summed E-state index contributed by atoms with van der Waals surface area (Å²) in [4.78, 5) is 29.3. The molecule has 0 bridgehead atoms. The van der Waals surface area contributed by atoms with Crippen molar-refractivity contribution >= 4 is 11.6 Å². The lowest BCUT2D eigenvalue weighted by molar-refractivity contribution is 0.0957. The highest BCUT2D eigenvalue weighted by molar-refractivity contribution is 5.92. The van der Waals surface area contributed by atoms with Gasteiger partial charge in [-0.2, -0.15) is 4.39 Å². The van der Waals surface area contributed by atoms with Crippen molar-refractivity contribution in [3.05, 3.63) is 41.4 Å². The molecule has 172 valence electrons. The quantitative estimate of drug-likeness (QED) is 0.688. The van der Waals surface area contributed by atoms with E-state index < -0.39 is 5.95 Å². The van der Waals surface area contributed by atoms with Crippen molar-refractivity contribution in [3.8, 4) is 5.88 Å². The van der Waals surface area contributed by atoms with Crippen molar-refractivity contribution in [2.24, 2.45) is 0 Å². The third kappa shape index (κ3) is 4.53. The number of halogens is 1. The minimum Gasteiger partial charge on any atom is -0.480 e.